The Hall–Kier alpha value is -0.860. The van der Waals surface area contributed by atoms with Gasteiger partial charge in [-0.25, -0.2) is 0 Å². The summed E-state index contributed by atoms with van der Waals surface area (Å²) in [5, 5.41) is 13.5. The van der Waals surface area contributed by atoms with Gasteiger partial charge in [-0.15, -0.1) is 0 Å². The molecule has 0 heterocycles. The highest BCUT2D eigenvalue weighted by Crippen LogP contribution is 2.25. The first kappa shape index (κ1) is 12.6. The van der Waals surface area contributed by atoms with Crippen molar-refractivity contribution in [1.82, 2.24) is 5.32 Å². The highest BCUT2D eigenvalue weighted by atomic mass is 16.3. The molecule has 94 valence electrons. The summed E-state index contributed by atoms with van der Waals surface area (Å²) in [4.78, 5) is 0. The van der Waals surface area contributed by atoms with E-state index in [0.29, 0.717) is 12.6 Å². The van der Waals surface area contributed by atoms with Gasteiger partial charge in [-0.05, 0) is 49.3 Å². The van der Waals surface area contributed by atoms with E-state index in [-0.39, 0.29) is 6.10 Å². The average Bonchev–Trinajstić information content (AvgIpc) is 2.82. The lowest BCUT2D eigenvalue weighted by molar-refractivity contribution is 0.170. The molecule has 2 rings (SSSR count). The van der Waals surface area contributed by atoms with Crippen LogP contribution in [0.15, 0.2) is 18.2 Å². The number of fused-ring (bicyclic) bond motifs is 1. The van der Waals surface area contributed by atoms with Crippen molar-refractivity contribution in [1.29, 1.82) is 0 Å². The normalized spacial score (nSPS) is 17.8. The van der Waals surface area contributed by atoms with Crippen molar-refractivity contribution < 1.29 is 5.11 Å². The maximum atomic E-state index is 10.1. The molecule has 0 amide bonds. The fourth-order valence-corrected chi connectivity index (χ4v) is 2.37. The molecule has 0 radical (unpaired) electrons. The van der Waals surface area contributed by atoms with Crippen LogP contribution in [0.25, 0.3) is 0 Å². The lowest BCUT2D eigenvalue weighted by Crippen LogP contribution is -2.29. The molecule has 0 saturated carbocycles. The fourth-order valence-electron chi connectivity index (χ4n) is 2.37. The molecular formula is C15H23NO. The fraction of sp³-hybridized carbons (Fsp3) is 0.600. The molecular weight excluding hydrogens is 210 g/mol. The molecule has 1 aromatic rings. The van der Waals surface area contributed by atoms with E-state index in [1.54, 1.807) is 0 Å². The molecule has 1 aliphatic rings. The highest BCUT2D eigenvalue weighted by Gasteiger charge is 2.14. The van der Waals surface area contributed by atoms with Gasteiger partial charge in [0.25, 0.3) is 0 Å². The number of aliphatic hydroxyl groups excluding tert-OH is 1. The zero-order valence-electron chi connectivity index (χ0n) is 10.9. The highest BCUT2D eigenvalue weighted by molar-refractivity contribution is 5.36. The van der Waals surface area contributed by atoms with Crippen molar-refractivity contribution in [2.75, 3.05) is 6.54 Å². The predicted octanol–water partition coefficient (Wildman–Crippen LogP) is 2.60. The van der Waals surface area contributed by atoms with E-state index >= 15 is 0 Å². The Morgan fingerprint density at radius 2 is 2.06 bits per heavy atom. The summed E-state index contributed by atoms with van der Waals surface area (Å²) in [6, 6.07) is 6.92. The predicted molar refractivity (Wildman–Crippen MR) is 71.2 cm³/mol. The van der Waals surface area contributed by atoms with Crippen LogP contribution in [0.1, 0.15) is 49.5 Å². The minimum absolute atomic E-state index is 0.380. The number of nitrogens with one attached hydrogen (secondary N) is 1. The molecule has 0 aromatic heterocycles. The summed E-state index contributed by atoms with van der Waals surface area (Å²) in [6.45, 7) is 4.95. The second-order valence-electron chi connectivity index (χ2n) is 5.12. The van der Waals surface area contributed by atoms with Gasteiger partial charge in [-0.3, -0.25) is 0 Å². The lowest BCUT2D eigenvalue weighted by atomic mass is 10.0. The molecule has 2 atom stereocenters. The Bertz CT molecular complexity index is 375. The Labute approximate surface area is 104 Å². The van der Waals surface area contributed by atoms with E-state index in [9.17, 15) is 5.11 Å². The van der Waals surface area contributed by atoms with Crippen LogP contribution >= 0.6 is 0 Å². The molecule has 0 bridgehead atoms. The minimum atomic E-state index is -0.380. The third-order valence-electron chi connectivity index (χ3n) is 3.78. The van der Waals surface area contributed by atoms with Crippen molar-refractivity contribution >= 4 is 0 Å². The summed E-state index contributed by atoms with van der Waals surface area (Å²) in [7, 11) is 0. The van der Waals surface area contributed by atoms with Gasteiger partial charge >= 0.3 is 0 Å². The second kappa shape index (κ2) is 5.65. The molecule has 2 nitrogen and oxygen atoms in total. The Morgan fingerprint density at radius 1 is 1.29 bits per heavy atom. The molecule has 0 aliphatic heterocycles. The summed E-state index contributed by atoms with van der Waals surface area (Å²) >= 11 is 0. The molecule has 0 spiro atoms. The van der Waals surface area contributed by atoms with Gasteiger partial charge in [-0.2, -0.15) is 0 Å². The van der Waals surface area contributed by atoms with Gasteiger partial charge in [0.15, 0.2) is 0 Å². The average molecular weight is 233 g/mol. The SMILES string of the molecule is CC[C@H](C)NC[C@H](O)c1ccc2c(c1)CCC2. The van der Waals surface area contributed by atoms with Gasteiger partial charge in [0, 0.05) is 12.6 Å². The summed E-state index contributed by atoms with van der Waals surface area (Å²) in [5.74, 6) is 0. The van der Waals surface area contributed by atoms with E-state index in [4.69, 9.17) is 0 Å². The van der Waals surface area contributed by atoms with E-state index in [0.717, 1.165) is 12.0 Å². The van der Waals surface area contributed by atoms with Gasteiger partial charge in [0.1, 0.15) is 0 Å². The maximum absolute atomic E-state index is 10.1. The number of hydrogen-bond acceptors (Lipinski definition) is 2. The molecule has 1 aliphatic carbocycles. The quantitative estimate of drug-likeness (QED) is 0.819. The van der Waals surface area contributed by atoms with Gasteiger partial charge in [0.05, 0.1) is 6.10 Å². The topological polar surface area (TPSA) is 32.3 Å². The van der Waals surface area contributed by atoms with Crippen LogP contribution in [0.3, 0.4) is 0 Å². The van der Waals surface area contributed by atoms with Crippen LogP contribution < -0.4 is 5.32 Å². The number of benzene rings is 1. The molecule has 0 fully saturated rings. The third-order valence-corrected chi connectivity index (χ3v) is 3.78. The summed E-state index contributed by atoms with van der Waals surface area (Å²) in [5.41, 5.74) is 3.96. The summed E-state index contributed by atoms with van der Waals surface area (Å²) in [6.07, 6.45) is 4.36. The van der Waals surface area contributed by atoms with Crippen molar-refractivity contribution in [3.8, 4) is 0 Å². The summed E-state index contributed by atoms with van der Waals surface area (Å²) < 4.78 is 0. The number of aryl methyl sites for hydroxylation is 2. The van der Waals surface area contributed by atoms with Crippen molar-refractivity contribution in [2.45, 2.75) is 51.7 Å². The van der Waals surface area contributed by atoms with Gasteiger partial charge in [0.2, 0.25) is 0 Å². The Morgan fingerprint density at radius 3 is 2.82 bits per heavy atom. The van der Waals surface area contributed by atoms with Crippen molar-refractivity contribution in [3.05, 3.63) is 34.9 Å². The Balaban J connectivity index is 1.97. The van der Waals surface area contributed by atoms with Crippen LogP contribution in [-0.4, -0.2) is 17.7 Å². The van der Waals surface area contributed by atoms with Crippen molar-refractivity contribution in [2.24, 2.45) is 0 Å². The number of hydrogen-bond donors (Lipinski definition) is 2. The number of rotatable bonds is 5. The van der Waals surface area contributed by atoms with Crippen molar-refractivity contribution in [3.63, 3.8) is 0 Å². The van der Waals surface area contributed by atoms with Gasteiger partial charge < -0.3 is 10.4 Å². The van der Waals surface area contributed by atoms with Crippen LogP contribution in [0.2, 0.25) is 0 Å². The molecule has 2 N–H and O–H groups in total. The van der Waals surface area contributed by atoms with E-state index in [1.165, 1.54) is 30.4 Å². The zero-order valence-corrected chi connectivity index (χ0v) is 10.9. The molecule has 2 heteroatoms. The molecule has 1 aromatic carbocycles. The maximum Gasteiger partial charge on any atom is 0.0914 e. The molecule has 0 saturated heterocycles. The first-order chi connectivity index (χ1) is 8.20. The van der Waals surface area contributed by atoms with E-state index < -0.39 is 0 Å². The van der Waals surface area contributed by atoms with E-state index in [2.05, 4.69) is 37.4 Å². The first-order valence-electron chi connectivity index (χ1n) is 6.74. The van der Waals surface area contributed by atoms with Gasteiger partial charge in [-0.1, -0.05) is 25.1 Å². The molecule has 17 heavy (non-hydrogen) atoms. The van der Waals surface area contributed by atoms with Crippen LogP contribution in [0.4, 0.5) is 0 Å². The largest absolute Gasteiger partial charge is 0.387 e. The lowest BCUT2D eigenvalue weighted by Gasteiger charge is -2.16. The zero-order chi connectivity index (χ0) is 12.3. The number of aliphatic hydroxyl groups is 1. The third kappa shape index (κ3) is 3.08. The smallest absolute Gasteiger partial charge is 0.0914 e. The van der Waals surface area contributed by atoms with E-state index in [1.807, 2.05) is 0 Å². The first-order valence-corrected chi connectivity index (χ1v) is 6.74. The second-order valence-corrected chi connectivity index (χ2v) is 5.12. The minimum Gasteiger partial charge on any atom is -0.387 e. The monoisotopic (exact) mass is 233 g/mol. The van der Waals surface area contributed by atoms with Crippen LogP contribution in [-0.2, 0) is 12.8 Å². The standard InChI is InChI=1S/C15H23NO/c1-3-11(2)16-10-15(17)14-8-7-12-5-4-6-13(12)9-14/h7-9,11,15-17H,3-6,10H2,1-2H3/t11-,15-/m0/s1. The van der Waals surface area contributed by atoms with Crippen LogP contribution in [0, 0.1) is 0 Å². The van der Waals surface area contributed by atoms with Crippen LogP contribution in [0.5, 0.6) is 0 Å². The molecule has 0 unspecified atom stereocenters. The Kier molecular flexibility index (Phi) is 4.19.